The van der Waals surface area contributed by atoms with E-state index in [9.17, 15) is 5.11 Å². The average Bonchev–Trinajstić information content (AvgIpc) is 3.28. The molecule has 3 atom stereocenters. The Kier molecular flexibility index (Phi) is 5.81. The SMILES string of the molecule is Cc1nc(N2[C@H](CO)[C@H](c3ccccc3)[C@H]2CNCC2CCCC2)sc1C. The topological polar surface area (TPSA) is 48.4 Å². The molecule has 0 spiro atoms. The summed E-state index contributed by atoms with van der Waals surface area (Å²) in [7, 11) is 0. The first kappa shape index (κ1) is 18.9. The van der Waals surface area contributed by atoms with Crippen molar-refractivity contribution in [2.45, 2.75) is 57.5 Å². The van der Waals surface area contributed by atoms with Crippen molar-refractivity contribution in [3.05, 3.63) is 46.5 Å². The number of aromatic nitrogens is 1. The Hall–Kier alpha value is -1.43. The van der Waals surface area contributed by atoms with Crippen molar-refractivity contribution in [2.75, 3.05) is 24.6 Å². The van der Waals surface area contributed by atoms with Crippen LogP contribution in [0.1, 0.15) is 47.7 Å². The number of nitrogens with zero attached hydrogens (tertiary/aromatic N) is 2. The normalized spacial score (nSPS) is 25.7. The van der Waals surface area contributed by atoms with E-state index in [1.54, 1.807) is 11.3 Å². The van der Waals surface area contributed by atoms with Gasteiger partial charge in [0, 0.05) is 17.3 Å². The summed E-state index contributed by atoms with van der Waals surface area (Å²) in [6.45, 7) is 6.43. The first-order valence-corrected chi connectivity index (χ1v) is 11.1. The number of nitrogens with one attached hydrogen (secondary N) is 1. The predicted molar refractivity (Wildman–Crippen MR) is 113 cm³/mol. The molecule has 1 aromatic heterocycles. The Balaban J connectivity index is 1.53. The molecule has 2 aliphatic rings. The van der Waals surface area contributed by atoms with Crippen LogP contribution in [0.25, 0.3) is 0 Å². The zero-order chi connectivity index (χ0) is 18.8. The number of rotatable bonds is 7. The van der Waals surface area contributed by atoms with Gasteiger partial charge in [0.15, 0.2) is 5.13 Å². The molecule has 2 fully saturated rings. The van der Waals surface area contributed by atoms with Crippen LogP contribution in [0, 0.1) is 19.8 Å². The second kappa shape index (κ2) is 8.29. The van der Waals surface area contributed by atoms with E-state index in [0.29, 0.717) is 12.0 Å². The summed E-state index contributed by atoms with van der Waals surface area (Å²) in [5, 5.41) is 15.0. The summed E-state index contributed by atoms with van der Waals surface area (Å²) < 4.78 is 0. The van der Waals surface area contributed by atoms with Crippen molar-refractivity contribution in [3.63, 3.8) is 0 Å². The molecule has 4 nitrogen and oxygen atoms in total. The molecule has 2 heterocycles. The Labute approximate surface area is 166 Å². The lowest BCUT2D eigenvalue weighted by Crippen LogP contribution is -2.67. The van der Waals surface area contributed by atoms with Crippen molar-refractivity contribution in [3.8, 4) is 0 Å². The fraction of sp³-hybridized carbons (Fsp3) is 0.591. The Morgan fingerprint density at radius 3 is 2.48 bits per heavy atom. The van der Waals surface area contributed by atoms with E-state index in [0.717, 1.165) is 29.8 Å². The van der Waals surface area contributed by atoms with E-state index in [4.69, 9.17) is 4.98 Å². The van der Waals surface area contributed by atoms with E-state index >= 15 is 0 Å². The molecular formula is C22H31N3OS. The van der Waals surface area contributed by atoms with Crippen LogP contribution < -0.4 is 10.2 Å². The van der Waals surface area contributed by atoms with Crippen molar-refractivity contribution in [1.29, 1.82) is 0 Å². The molecule has 5 heteroatoms. The minimum atomic E-state index is 0.107. The Morgan fingerprint density at radius 1 is 1.11 bits per heavy atom. The van der Waals surface area contributed by atoms with E-state index in [-0.39, 0.29) is 12.6 Å². The third kappa shape index (κ3) is 3.78. The number of aliphatic hydroxyl groups excluding tert-OH is 1. The van der Waals surface area contributed by atoms with Gasteiger partial charge in [0.05, 0.1) is 24.4 Å². The number of hydrogen-bond acceptors (Lipinski definition) is 5. The molecule has 2 N–H and O–H groups in total. The molecule has 2 aromatic rings. The fourth-order valence-corrected chi connectivity index (χ4v) is 5.82. The summed E-state index contributed by atoms with van der Waals surface area (Å²) in [5.41, 5.74) is 2.43. The first-order chi connectivity index (χ1) is 13.2. The van der Waals surface area contributed by atoms with Crippen LogP contribution in [0.5, 0.6) is 0 Å². The maximum atomic E-state index is 10.2. The van der Waals surface area contributed by atoms with Crippen molar-refractivity contribution >= 4 is 16.5 Å². The molecule has 4 rings (SSSR count). The zero-order valence-electron chi connectivity index (χ0n) is 16.4. The minimum absolute atomic E-state index is 0.107. The number of hydrogen-bond donors (Lipinski definition) is 2. The molecule has 146 valence electrons. The Bertz CT molecular complexity index is 722. The predicted octanol–water partition coefficient (Wildman–Crippen LogP) is 3.87. The second-order valence-corrected chi connectivity index (χ2v) is 9.29. The van der Waals surface area contributed by atoms with Gasteiger partial charge in [0.1, 0.15) is 0 Å². The highest BCUT2D eigenvalue weighted by Crippen LogP contribution is 2.45. The molecule has 1 aliphatic heterocycles. The van der Waals surface area contributed by atoms with Gasteiger partial charge in [-0.25, -0.2) is 4.98 Å². The van der Waals surface area contributed by atoms with Crippen molar-refractivity contribution < 1.29 is 5.11 Å². The van der Waals surface area contributed by atoms with Gasteiger partial charge in [-0.05, 0) is 44.7 Å². The number of benzene rings is 1. The monoisotopic (exact) mass is 385 g/mol. The van der Waals surface area contributed by atoms with Gasteiger partial charge < -0.3 is 15.3 Å². The molecule has 1 saturated heterocycles. The van der Waals surface area contributed by atoms with E-state index < -0.39 is 0 Å². The highest BCUT2D eigenvalue weighted by atomic mass is 32.1. The van der Waals surface area contributed by atoms with Gasteiger partial charge in [-0.1, -0.05) is 43.2 Å². The molecule has 27 heavy (non-hydrogen) atoms. The smallest absolute Gasteiger partial charge is 0.186 e. The summed E-state index contributed by atoms with van der Waals surface area (Å²) in [4.78, 5) is 8.43. The standard InChI is InChI=1S/C22H31N3OS/c1-15-16(2)27-22(24-15)25-19(13-23-12-17-8-6-7-9-17)21(20(25)14-26)18-10-4-3-5-11-18/h3-5,10-11,17,19-21,23,26H,6-9,12-14H2,1-2H3/t19-,20-,21-/m1/s1. The van der Waals surface area contributed by atoms with Crippen LogP contribution in [0.3, 0.4) is 0 Å². The summed E-state index contributed by atoms with van der Waals surface area (Å²) >= 11 is 1.75. The molecular weight excluding hydrogens is 354 g/mol. The summed E-state index contributed by atoms with van der Waals surface area (Å²) in [6, 6.07) is 11.1. The number of thiazole rings is 1. The Morgan fingerprint density at radius 2 is 1.85 bits per heavy atom. The quantitative estimate of drug-likeness (QED) is 0.759. The highest BCUT2D eigenvalue weighted by Gasteiger charge is 2.49. The largest absolute Gasteiger partial charge is 0.394 e. The van der Waals surface area contributed by atoms with Crippen LogP contribution in [-0.4, -0.2) is 41.9 Å². The summed E-state index contributed by atoms with van der Waals surface area (Å²) in [5.74, 6) is 1.18. The fourth-order valence-electron chi connectivity index (χ4n) is 4.79. The lowest BCUT2D eigenvalue weighted by molar-refractivity contribution is 0.166. The van der Waals surface area contributed by atoms with Crippen LogP contribution >= 0.6 is 11.3 Å². The van der Waals surface area contributed by atoms with Gasteiger partial charge in [-0.15, -0.1) is 11.3 Å². The van der Waals surface area contributed by atoms with Crippen molar-refractivity contribution in [1.82, 2.24) is 10.3 Å². The highest BCUT2D eigenvalue weighted by molar-refractivity contribution is 7.15. The molecule has 1 aliphatic carbocycles. The third-order valence-electron chi connectivity index (χ3n) is 6.41. The molecule has 1 aromatic carbocycles. The molecule has 0 amide bonds. The van der Waals surface area contributed by atoms with E-state index in [1.165, 1.54) is 36.1 Å². The van der Waals surface area contributed by atoms with Gasteiger partial charge in [0.25, 0.3) is 0 Å². The molecule has 0 bridgehead atoms. The molecule has 1 saturated carbocycles. The van der Waals surface area contributed by atoms with E-state index in [2.05, 4.69) is 54.4 Å². The third-order valence-corrected chi connectivity index (χ3v) is 7.50. The van der Waals surface area contributed by atoms with Gasteiger partial charge in [0.2, 0.25) is 0 Å². The maximum Gasteiger partial charge on any atom is 0.186 e. The second-order valence-electron chi connectivity index (χ2n) is 8.11. The zero-order valence-corrected chi connectivity index (χ0v) is 17.2. The van der Waals surface area contributed by atoms with Crippen LogP contribution in [0.4, 0.5) is 5.13 Å². The van der Waals surface area contributed by atoms with Crippen LogP contribution in [0.2, 0.25) is 0 Å². The first-order valence-electron chi connectivity index (χ1n) is 10.3. The molecule has 0 unspecified atom stereocenters. The van der Waals surface area contributed by atoms with Crippen LogP contribution in [-0.2, 0) is 0 Å². The van der Waals surface area contributed by atoms with Gasteiger partial charge in [-0.3, -0.25) is 0 Å². The van der Waals surface area contributed by atoms with Crippen LogP contribution in [0.15, 0.2) is 30.3 Å². The lowest BCUT2D eigenvalue weighted by Gasteiger charge is -2.55. The van der Waals surface area contributed by atoms with Gasteiger partial charge >= 0.3 is 0 Å². The number of aryl methyl sites for hydroxylation is 2. The summed E-state index contributed by atoms with van der Waals surface area (Å²) in [6.07, 6.45) is 5.51. The minimum Gasteiger partial charge on any atom is -0.394 e. The van der Waals surface area contributed by atoms with Crippen molar-refractivity contribution in [2.24, 2.45) is 5.92 Å². The van der Waals surface area contributed by atoms with Gasteiger partial charge in [-0.2, -0.15) is 0 Å². The lowest BCUT2D eigenvalue weighted by atomic mass is 9.75. The van der Waals surface area contributed by atoms with E-state index in [1.807, 2.05) is 0 Å². The maximum absolute atomic E-state index is 10.2. The number of anilines is 1. The number of aliphatic hydroxyl groups is 1. The molecule has 0 radical (unpaired) electrons. The average molecular weight is 386 g/mol.